The van der Waals surface area contributed by atoms with Crippen LogP contribution >= 0.6 is 0 Å². The highest BCUT2D eigenvalue weighted by atomic mass is 16.4. The van der Waals surface area contributed by atoms with Crippen LogP contribution in [0.2, 0.25) is 0 Å². The van der Waals surface area contributed by atoms with Crippen LogP contribution in [0, 0.1) is 41.5 Å². The minimum absolute atomic E-state index is 0.105. The number of carbonyl (C=O) groups is 2. The maximum atomic E-state index is 13.6. The summed E-state index contributed by atoms with van der Waals surface area (Å²) in [6.45, 7) is 8.25. The maximum Gasteiger partial charge on any atom is 0.309 e. The van der Waals surface area contributed by atoms with Gasteiger partial charge in [0.25, 0.3) is 0 Å². The Morgan fingerprint density at radius 1 is 1.00 bits per heavy atom. The average Bonchev–Trinajstić information content (AvgIpc) is 2.91. The minimum atomic E-state index is -0.989. The number of hydrogen-bond donors (Lipinski definition) is 1. The zero-order chi connectivity index (χ0) is 26.5. The van der Waals surface area contributed by atoms with E-state index in [0.717, 1.165) is 43.6 Å². The van der Waals surface area contributed by atoms with E-state index in [4.69, 9.17) is 5.26 Å². The van der Waals surface area contributed by atoms with Crippen molar-refractivity contribution < 1.29 is 14.7 Å². The largest absolute Gasteiger partial charge is 0.481 e. The van der Waals surface area contributed by atoms with E-state index >= 15 is 0 Å². The van der Waals surface area contributed by atoms with Gasteiger partial charge >= 0.3 is 5.97 Å². The maximum absolute atomic E-state index is 13.6. The number of aliphatic imine (C=N–C) groups is 1. The molecule has 4 rings (SSSR count). The summed E-state index contributed by atoms with van der Waals surface area (Å²) < 4.78 is 0. The first kappa shape index (κ1) is 26.3. The molecule has 3 aliphatic heterocycles. The molecule has 3 saturated heterocycles. The lowest BCUT2D eigenvalue weighted by Crippen LogP contribution is -2.60. The highest BCUT2D eigenvalue weighted by molar-refractivity contribution is 5.88. The van der Waals surface area contributed by atoms with Crippen LogP contribution in [-0.2, 0) is 9.59 Å². The third kappa shape index (κ3) is 5.48. The first-order valence-corrected chi connectivity index (χ1v) is 13.1. The minimum Gasteiger partial charge on any atom is -0.481 e. The SMILES string of the molecule is Cc1cc(C#N)ccc1N1CCN(C(=O)[C@H]2CCN(C(=NC#N)N3CCCCC3)C(C)[C@@H]2C(=O)O)CC1. The summed E-state index contributed by atoms with van der Waals surface area (Å²) in [5, 5.41) is 28.6. The Balaban J connectivity index is 1.45. The molecule has 10 nitrogen and oxygen atoms in total. The van der Waals surface area contributed by atoms with Gasteiger partial charge in [0.1, 0.15) is 0 Å². The van der Waals surface area contributed by atoms with Crippen LogP contribution in [0.5, 0.6) is 0 Å². The molecule has 1 N–H and O–H groups in total. The Labute approximate surface area is 218 Å². The molecule has 0 spiro atoms. The summed E-state index contributed by atoms with van der Waals surface area (Å²) in [5.74, 6) is -2.05. The lowest BCUT2D eigenvalue weighted by atomic mass is 9.79. The molecule has 1 unspecified atom stereocenters. The van der Waals surface area contributed by atoms with E-state index in [0.29, 0.717) is 50.7 Å². The Bertz CT molecular complexity index is 1120. The van der Waals surface area contributed by atoms with Crippen molar-refractivity contribution in [3.63, 3.8) is 0 Å². The molecular weight excluding hydrogens is 470 g/mol. The number of hydrogen-bond acceptors (Lipinski definition) is 6. The Hall–Kier alpha value is -3.79. The lowest BCUT2D eigenvalue weighted by Gasteiger charge is -2.47. The summed E-state index contributed by atoms with van der Waals surface area (Å²) >= 11 is 0. The molecule has 1 aromatic rings. The van der Waals surface area contributed by atoms with Crippen LogP contribution in [0.25, 0.3) is 0 Å². The summed E-state index contributed by atoms with van der Waals surface area (Å²) in [6, 6.07) is 7.32. The van der Waals surface area contributed by atoms with Crippen LogP contribution in [0.4, 0.5) is 5.69 Å². The molecule has 3 fully saturated rings. The molecule has 0 saturated carbocycles. The summed E-state index contributed by atoms with van der Waals surface area (Å²) in [4.78, 5) is 38.2. The first-order chi connectivity index (χ1) is 17.8. The Morgan fingerprint density at radius 2 is 1.70 bits per heavy atom. The van der Waals surface area contributed by atoms with Crippen molar-refractivity contribution in [2.75, 3.05) is 50.7 Å². The quantitative estimate of drug-likeness (QED) is 0.376. The van der Waals surface area contributed by atoms with Crippen molar-refractivity contribution in [3.05, 3.63) is 29.3 Å². The van der Waals surface area contributed by atoms with Gasteiger partial charge in [-0.1, -0.05) is 0 Å². The van der Waals surface area contributed by atoms with Crippen molar-refractivity contribution in [2.45, 2.75) is 45.6 Å². The molecule has 0 bridgehead atoms. The number of anilines is 1. The number of aliphatic carboxylic acids is 1. The van der Waals surface area contributed by atoms with E-state index in [-0.39, 0.29) is 5.91 Å². The monoisotopic (exact) mass is 505 g/mol. The topological polar surface area (TPSA) is 127 Å². The summed E-state index contributed by atoms with van der Waals surface area (Å²) in [5.41, 5.74) is 2.70. The van der Waals surface area contributed by atoms with Gasteiger partial charge in [-0.25, -0.2) is 0 Å². The molecule has 3 aliphatic rings. The van der Waals surface area contributed by atoms with Gasteiger partial charge in [-0.2, -0.15) is 10.5 Å². The number of carboxylic acids is 1. The highest BCUT2D eigenvalue weighted by Gasteiger charge is 2.46. The zero-order valence-electron chi connectivity index (χ0n) is 21.6. The van der Waals surface area contributed by atoms with Crippen molar-refractivity contribution in [1.82, 2.24) is 14.7 Å². The van der Waals surface area contributed by atoms with Crippen LogP contribution < -0.4 is 4.90 Å². The average molecular weight is 506 g/mol. The fraction of sp³-hybridized carbons (Fsp3) is 0.593. The van der Waals surface area contributed by atoms with Crippen LogP contribution in [0.3, 0.4) is 0 Å². The molecular formula is C27H35N7O3. The van der Waals surface area contributed by atoms with E-state index in [1.54, 1.807) is 11.0 Å². The number of piperidine rings is 2. The second-order valence-electron chi connectivity index (χ2n) is 10.2. The van der Waals surface area contributed by atoms with Gasteiger partial charge in [-0.3, -0.25) is 9.59 Å². The van der Waals surface area contributed by atoms with Crippen LogP contribution in [0.15, 0.2) is 23.2 Å². The van der Waals surface area contributed by atoms with Crippen LogP contribution in [-0.4, -0.2) is 89.5 Å². The van der Waals surface area contributed by atoms with E-state index in [9.17, 15) is 20.0 Å². The lowest BCUT2D eigenvalue weighted by molar-refractivity contribution is -0.155. The Kier molecular flexibility index (Phi) is 8.17. The van der Waals surface area contributed by atoms with Gasteiger partial charge in [-0.15, -0.1) is 4.99 Å². The molecule has 37 heavy (non-hydrogen) atoms. The third-order valence-corrected chi connectivity index (χ3v) is 8.03. The second kappa shape index (κ2) is 11.5. The summed E-state index contributed by atoms with van der Waals surface area (Å²) in [6.07, 6.45) is 5.49. The third-order valence-electron chi connectivity index (χ3n) is 8.03. The van der Waals surface area contributed by atoms with Gasteiger partial charge in [0.15, 0.2) is 0 Å². The second-order valence-corrected chi connectivity index (χ2v) is 10.2. The number of aryl methyl sites for hydroxylation is 1. The number of piperazine rings is 1. The van der Waals surface area contributed by atoms with Crippen molar-refractivity contribution in [3.8, 4) is 12.3 Å². The number of guanidine groups is 1. The van der Waals surface area contributed by atoms with Crippen LogP contribution in [0.1, 0.15) is 43.7 Å². The molecule has 0 aromatic heterocycles. The number of likely N-dealkylation sites (tertiary alicyclic amines) is 2. The number of benzene rings is 1. The molecule has 0 aliphatic carbocycles. The number of carboxylic acid groups (broad SMARTS) is 1. The number of nitriles is 2. The fourth-order valence-corrected chi connectivity index (χ4v) is 6.07. The molecule has 196 valence electrons. The summed E-state index contributed by atoms with van der Waals surface area (Å²) in [7, 11) is 0. The van der Waals surface area contributed by atoms with Gasteiger partial charge < -0.3 is 24.7 Å². The molecule has 3 heterocycles. The van der Waals surface area contributed by atoms with Crippen molar-refractivity contribution in [1.29, 1.82) is 10.5 Å². The number of carbonyl (C=O) groups excluding carboxylic acids is 1. The smallest absolute Gasteiger partial charge is 0.309 e. The number of nitrogens with zero attached hydrogens (tertiary/aromatic N) is 7. The zero-order valence-corrected chi connectivity index (χ0v) is 21.6. The predicted octanol–water partition coefficient (Wildman–Crippen LogP) is 2.25. The highest BCUT2D eigenvalue weighted by Crippen LogP contribution is 2.33. The number of rotatable bonds is 3. The van der Waals surface area contributed by atoms with Gasteiger partial charge in [0.2, 0.25) is 18.1 Å². The fourth-order valence-electron chi connectivity index (χ4n) is 6.07. The van der Waals surface area contributed by atoms with Gasteiger partial charge in [0, 0.05) is 57.5 Å². The van der Waals surface area contributed by atoms with Crippen molar-refractivity contribution in [2.24, 2.45) is 16.8 Å². The molecule has 1 aromatic carbocycles. The standard InChI is InChI=1S/C27H35N7O3/c1-19-16-21(17-28)6-7-23(19)31-12-14-32(15-13-31)25(35)22-8-11-34(20(2)24(22)26(36)37)27(30-18-29)33-9-4-3-5-10-33/h6-7,16,20,22,24H,3-5,8-15H2,1-2H3,(H,36,37)/t20?,22-,24-/m0/s1. The first-order valence-electron chi connectivity index (χ1n) is 13.1. The van der Waals surface area contributed by atoms with Crippen molar-refractivity contribution >= 4 is 23.5 Å². The van der Waals surface area contributed by atoms with E-state index in [2.05, 4.69) is 20.9 Å². The van der Waals surface area contributed by atoms with E-state index in [1.807, 2.05) is 37.1 Å². The van der Waals surface area contributed by atoms with Gasteiger partial charge in [-0.05, 0) is 63.3 Å². The Morgan fingerprint density at radius 3 is 2.30 bits per heavy atom. The van der Waals surface area contributed by atoms with E-state index < -0.39 is 23.8 Å². The number of amides is 1. The predicted molar refractivity (Wildman–Crippen MR) is 139 cm³/mol. The van der Waals surface area contributed by atoms with E-state index in [1.165, 1.54) is 0 Å². The normalized spacial score (nSPS) is 24.9. The molecule has 0 radical (unpaired) electrons. The molecule has 1 amide bonds. The molecule has 3 atom stereocenters. The van der Waals surface area contributed by atoms with Gasteiger partial charge in [0.05, 0.1) is 23.5 Å². The molecule has 10 heteroatoms.